The van der Waals surface area contributed by atoms with Crippen molar-refractivity contribution in [1.29, 1.82) is 0 Å². The number of halogens is 1. The maximum Gasteiger partial charge on any atom is 0.175 e. The van der Waals surface area contributed by atoms with Gasteiger partial charge in [0.25, 0.3) is 0 Å². The highest BCUT2D eigenvalue weighted by Gasteiger charge is 2.21. The molecular formula is C26H33FN8O. The number of hydrogen-bond donors (Lipinski definition) is 2. The second kappa shape index (κ2) is 10.8. The van der Waals surface area contributed by atoms with Gasteiger partial charge >= 0.3 is 0 Å². The Bertz CT molecular complexity index is 1360. The number of hydrogen-bond acceptors (Lipinski definition) is 8. The van der Waals surface area contributed by atoms with Gasteiger partial charge in [-0.15, -0.1) is 0 Å². The van der Waals surface area contributed by atoms with Crippen molar-refractivity contribution < 1.29 is 9.13 Å². The van der Waals surface area contributed by atoms with E-state index in [2.05, 4.69) is 44.6 Å². The molecule has 190 valence electrons. The predicted octanol–water partition coefficient (Wildman–Crippen LogP) is 4.35. The summed E-state index contributed by atoms with van der Waals surface area (Å²) in [6.45, 7) is 4.65. The summed E-state index contributed by atoms with van der Waals surface area (Å²) in [5.74, 6) is 0.393. The zero-order valence-electron chi connectivity index (χ0n) is 21.6. The first-order valence-electron chi connectivity index (χ1n) is 11.8. The molecule has 4 rings (SSSR count). The van der Waals surface area contributed by atoms with E-state index in [0.29, 0.717) is 22.9 Å². The first kappa shape index (κ1) is 25.2. The number of nitrogens with one attached hydrogen (secondary N) is 2. The van der Waals surface area contributed by atoms with Crippen molar-refractivity contribution in [3.8, 4) is 17.0 Å². The molecule has 0 fully saturated rings. The monoisotopic (exact) mass is 492 g/mol. The summed E-state index contributed by atoms with van der Waals surface area (Å²) in [5, 5.41) is 11.4. The lowest BCUT2D eigenvalue weighted by molar-refractivity contribution is 0.360. The van der Waals surface area contributed by atoms with E-state index < -0.39 is 5.82 Å². The number of rotatable bonds is 10. The van der Waals surface area contributed by atoms with Gasteiger partial charge in [-0.2, -0.15) is 5.10 Å². The molecule has 0 saturated heterocycles. The summed E-state index contributed by atoms with van der Waals surface area (Å²) < 4.78 is 23.2. The number of methoxy groups -OCH3 is 1. The fourth-order valence-corrected chi connectivity index (χ4v) is 4.06. The summed E-state index contributed by atoms with van der Waals surface area (Å²) in [6.07, 6.45) is 3.28. The van der Waals surface area contributed by atoms with Crippen LogP contribution in [0.1, 0.15) is 6.92 Å². The largest absolute Gasteiger partial charge is 0.494 e. The third-order valence-corrected chi connectivity index (χ3v) is 6.41. The van der Waals surface area contributed by atoms with E-state index in [4.69, 9.17) is 4.74 Å². The Morgan fingerprint density at radius 2 is 1.89 bits per heavy atom. The van der Waals surface area contributed by atoms with Crippen molar-refractivity contribution in [3.05, 3.63) is 48.7 Å². The first-order valence-corrected chi connectivity index (χ1v) is 11.8. The van der Waals surface area contributed by atoms with Crippen LogP contribution >= 0.6 is 0 Å². The highest BCUT2D eigenvalue weighted by molar-refractivity contribution is 5.85. The Hall–Kier alpha value is -3.92. The van der Waals surface area contributed by atoms with Crippen molar-refractivity contribution in [2.24, 2.45) is 7.05 Å². The Labute approximate surface area is 210 Å². The molecule has 0 aliphatic carbocycles. The Morgan fingerprint density at radius 3 is 2.61 bits per heavy atom. The summed E-state index contributed by atoms with van der Waals surface area (Å²) in [7, 11) is 9.15. The molecule has 0 unspecified atom stereocenters. The number of aryl methyl sites for hydroxylation is 1. The maximum atomic E-state index is 15.8. The van der Waals surface area contributed by atoms with Crippen LogP contribution in [0.15, 0.2) is 42.9 Å². The van der Waals surface area contributed by atoms with Crippen molar-refractivity contribution in [3.63, 3.8) is 0 Å². The van der Waals surface area contributed by atoms with Crippen LogP contribution in [0, 0.1) is 5.82 Å². The lowest BCUT2D eigenvalue weighted by Crippen LogP contribution is -2.31. The van der Waals surface area contributed by atoms with Gasteiger partial charge in [0.05, 0.1) is 35.9 Å². The van der Waals surface area contributed by atoms with E-state index in [1.165, 1.54) is 13.4 Å². The third-order valence-electron chi connectivity index (χ3n) is 6.41. The fourth-order valence-electron chi connectivity index (χ4n) is 4.06. The van der Waals surface area contributed by atoms with Crippen LogP contribution in [-0.4, -0.2) is 72.5 Å². The number of aromatic nitrogens is 4. The molecule has 0 radical (unpaired) electrons. The molecule has 0 aliphatic heterocycles. The average molecular weight is 493 g/mol. The van der Waals surface area contributed by atoms with E-state index >= 15 is 4.39 Å². The maximum absolute atomic E-state index is 15.8. The molecule has 0 amide bonds. The van der Waals surface area contributed by atoms with Gasteiger partial charge in [-0.3, -0.25) is 4.68 Å². The van der Waals surface area contributed by atoms with Crippen molar-refractivity contribution in [1.82, 2.24) is 24.6 Å². The summed E-state index contributed by atoms with van der Waals surface area (Å²) in [5.41, 5.74) is 3.97. The minimum atomic E-state index is -0.445. The van der Waals surface area contributed by atoms with E-state index in [9.17, 15) is 0 Å². The van der Waals surface area contributed by atoms with Crippen LogP contribution in [0.25, 0.3) is 22.2 Å². The summed E-state index contributed by atoms with van der Waals surface area (Å²) >= 11 is 0. The first-order chi connectivity index (χ1) is 17.4. The summed E-state index contributed by atoms with van der Waals surface area (Å²) in [4.78, 5) is 13.0. The SMILES string of the molecule is CCN(C)CCN(C)c1cc(OC)c(Nc2cc(-c3ccc4c(cnn4C)c3)ncn2)c(F)c1NC. The van der Waals surface area contributed by atoms with Gasteiger partial charge in [-0.05, 0) is 25.7 Å². The number of benzene rings is 2. The van der Waals surface area contributed by atoms with Crippen LogP contribution in [0.5, 0.6) is 5.75 Å². The molecule has 2 heterocycles. The fraction of sp³-hybridized carbons (Fsp3) is 0.346. The predicted molar refractivity (Wildman–Crippen MR) is 144 cm³/mol. The Kier molecular flexibility index (Phi) is 7.54. The van der Waals surface area contributed by atoms with Crippen LogP contribution in [-0.2, 0) is 7.05 Å². The van der Waals surface area contributed by atoms with Gasteiger partial charge in [-0.25, -0.2) is 14.4 Å². The van der Waals surface area contributed by atoms with Crippen molar-refractivity contribution in [2.75, 3.05) is 63.4 Å². The quantitative estimate of drug-likeness (QED) is 0.338. The molecule has 2 N–H and O–H groups in total. The van der Waals surface area contributed by atoms with Gasteiger partial charge in [0.15, 0.2) is 5.82 Å². The van der Waals surface area contributed by atoms with Gasteiger partial charge in [0.2, 0.25) is 0 Å². The van der Waals surface area contributed by atoms with Crippen LogP contribution < -0.4 is 20.3 Å². The highest BCUT2D eigenvalue weighted by atomic mass is 19.1. The standard InChI is InChI=1S/C26H33FN8O/c1-7-33(3)10-11-34(4)21-14-22(36-6)26(24(27)25(21)28-2)32-23-13-19(29-16-30-23)17-8-9-20-18(12-17)15-31-35(20)5/h8-9,12-16,28H,7,10-11H2,1-6H3,(H,29,30,32). The molecule has 0 spiro atoms. The summed E-state index contributed by atoms with van der Waals surface area (Å²) in [6, 6.07) is 9.63. The third kappa shape index (κ3) is 5.03. The van der Waals surface area contributed by atoms with E-state index in [0.717, 1.165) is 41.8 Å². The Balaban J connectivity index is 1.65. The molecule has 4 aromatic rings. The smallest absolute Gasteiger partial charge is 0.175 e. The lowest BCUT2D eigenvalue weighted by Gasteiger charge is -2.27. The second-order valence-corrected chi connectivity index (χ2v) is 8.68. The van der Waals surface area contributed by atoms with Crippen molar-refractivity contribution >= 4 is 33.8 Å². The minimum Gasteiger partial charge on any atom is -0.494 e. The highest BCUT2D eigenvalue weighted by Crippen LogP contribution is 2.41. The molecule has 10 heteroatoms. The number of anilines is 4. The van der Waals surface area contributed by atoms with Crippen LogP contribution in [0.4, 0.5) is 27.3 Å². The number of likely N-dealkylation sites (N-methyl/N-ethyl adjacent to an activating group) is 2. The van der Waals surface area contributed by atoms with Crippen LogP contribution in [0.2, 0.25) is 0 Å². The average Bonchev–Trinajstić information content (AvgIpc) is 3.27. The molecule has 0 saturated carbocycles. The zero-order valence-corrected chi connectivity index (χ0v) is 21.6. The molecule has 2 aromatic heterocycles. The van der Waals surface area contributed by atoms with E-state index in [1.54, 1.807) is 13.1 Å². The normalized spacial score (nSPS) is 11.2. The zero-order chi connectivity index (χ0) is 25.8. The number of nitrogens with zero attached hydrogens (tertiary/aromatic N) is 6. The van der Waals surface area contributed by atoms with Gasteiger partial charge in [-0.1, -0.05) is 13.0 Å². The molecule has 36 heavy (non-hydrogen) atoms. The number of fused-ring (bicyclic) bond motifs is 1. The second-order valence-electron chi connectivity index (χ2n) is 8.68. The van der Waals surface area contributed by atoms with Crippen molar-refractivity contribution in [2.45, 2.75) is 6.92 Å². The van der Waals surface area contributed by atoms with Gasteiger partial charge < -0.3 is 25.2 Å². The molecule has 2 aromatic carbocycles. The lowest BCUT2D eigenvalue weighted by atomic mass is 10.1. The van der Waals surface area contributed by atoms with Gasteiger partial charge in [0, 0.05) is 57.3 Å². The molecular weight excluding hydrogens is 459 g/mol. The molecule has 9 nitrogen and oxygen atoms in total. The topological polar surface area (TPSA) is 83.4 Å². The van der Waals surface area contributed by atoms with Crippen LogP contribution in [0.3, 0.4) is 0 Å². The molecule has 0 atom stereocenters. The van der Waals surface area contributed by atoms with Gasteiger partial charge in [0.1, 0.15) is 23.6 Å². The van der Waals surface area contributed by atoms with E-state index in [-0.39, 0.29) is 5.69 Å². The minimum absolute atomic E-state index is 0.206. The molecule has 0 bridgehead atoms. The van der Waals surface area contributed by atoms with E-state index in [1.807, 2.05) is 54.1 Å². The molecule has 0 aliphatic rings. The number of ether oxygens (including phenoxy) is 1. The Morgan fingerprint density at radius 1 is 1.08 bits per heavy atom.